The third-order valence-electron chi connectivity index (χ3n) is 6.55. The summed E-state index contributed by atoms with van der Waals surface area (Å²) in [5.41, 5.74) is 0.371. The summed E-state index contributed by atoms with van der Waals surface area (Å²) in [6.45, 7) is 1.11. The molecule has 0 aromatic carbocycles. The van der Waals surface area contributed by atoms with E-state index in [4.69, 9.17) is 4.74 Å². The Bertz CT molecular complexity index is 268. The molecule has 1 nitrogen and oxygen atoms in total. The molecule has 1 heterocycles. The predicted octanol–water partition coefficient (Wildman–Crippen LogP) is 4.16. The normalized spacial score (nSPS) is 53.6. The third-order valence-corrected chi connectivity index (χ3v) is 6.55. The monoisotopic (exact) mass is 234 g/mol. The van der Waals surface area contributed by atoms with Gasteiger partial charge >= 0.3 is 0 Å². The van der Waals surface area contributed by atoms with Crippen molar-refractivity contribution >= 4 is 0 Å². The Kier molecular flexibility index (Phi) is 2.54. The van der Waals surface area contributed by atoms with E-state index in [1.807, 2.05) is 0 Å². The molecule has 4 rings (SSSR count). The molecule has 1 spiro atoms. The molecule has 1 saturated heterocycles. The highest BCUT2D eigenvalue weighted by Crippen LogP contribution is 2.59. The molecule has 96 valence electrons. The molecule has 0 radical (unpaired) electrons. The van der Waals surface area contributed by atoms with Crippen molar-refractivity contribution in [1.82, 2.24) is 0 Å². The van der Waals surface area contributed by atoms with Gasteiger partial charge in [0.05, 0.1) is 12.2 Å². The quantitative estimate of drug-likeness (QED) is 0.611. The van der Waals surface area contributed by atoms with Gasteiger partial charge in [-0.25, -0.2) is 0 Å². The standard InChI is InChI=1S/C16H26O/c1-3-7-14-12(5-1)9-10-16(14)15-8-4-2-6-13(15)11-17-16/h12-15H,1-11H2. The summed E-state index contributed by atoms with van der Waals surface area (Å²) in [6.07, 6.45) is 14.7. The Hall–Kier alpha value is -0.0400. The van der Waals surface area contributed by atoms with Crippen LogP contribution < -0.4 is 0 Å². The molecule has 0 amide bonds. The van der Waals surface area contributed by atoms with Crippen LogP contribution in [-0.2, 0) is 4.74 Å². The van der Waals surface area contributed by atoms with Crippen LogP contribution in [0.15, 0.2) is 0 Å². The van der Waals surface area contributed by atoms with Crippen molar-refractivity contribution < 1.29 is 4.74 Å². The Morgan fingerprint density at radius 3 is 2.18 bits per heavy atom. The Labute approximate surface area is 105 Å². The van der Waals surface area contributed by atoms with Crippen LogP contribution >= 0.6 is 0 Å². The van der Waals surface area contributed by atoms with Crippen LogP contribution in [0.2, 0.25) is 0 Å². The fourth-order valence-corrected chi connectivity index (χ4v) is 5.85. The minimum Gasteiger partial charge on any atom is -0.374 e. The van der Waals surface area contributed by atoms with Gasteiger partial charge in [-0.3, -0.25) is 0 Å². The van der Waals surface area contributed by atoms with Crippen molar-refractivity contribution in [2.24, 2.45) is 23.7 Å². The first kappa shape index (κ1) is 10.8. The Morgan fingerprint density at radius 1 is 0.706 bits per heavy atom. The fraction of sp³-hybridized carbons (Fsp3) is 1.00. The molecule has 5 unspecified atom stereocenters. The van der Waals surface area contributed by atoms with E-state index in [9.17, 15) is 0 Å². The lowest BCUT2D eigenvalue weighted by Gasteiger charge is -2.42. The molecular weight excluding hydrogens is 208 g/mol. The average molecular weight is 234 g/mol. The SMILES string of the molecule is C1CCC2C(C1)CCC21OCC2CCCCC21. The molecular formula is C16H26O. The van der Waals surface area contributed by atoms with Crippen LogP contribution in [-0.4, -0.2) is 12.2 Å². The summed E-state index contributed by atoms with van der Waals surface area (Å²) in [5, 5.41) is 0. The second-order valence-corrected chi connectivity index (χ2v) is 7.11. The van der Waals surface area contributed by atoms with Gasteiger partial charge < -0.3 is 4.74 Å². The van der Waals surface area contributed by atoms with Gasteiger partial charge in [0.25, 0.3) is 0 Å². The summed E-state index contributed by atoms with van der Waals surface area (Å²) in [6, 6.07) is 0. The molecule has 3 aliphatic carbocycles. The summed E-state index contributed by atoms with van der Waals surface area (Å²) in [7, 11) is 0. The largest absolute Gasteiger partial charge is 0.374 e. The molecule has 0 bridgehead atoms. The van der Waals surface area contributed by atoms with E-state index in [2.05, 4.69) is 0 Å². The number of fused-ring (bicyclic) bond motifs is 4. The van der Waals surface area contributed by atoms with Gasteiger partial charge in [-0.15, -0.1) is 0 Å². The first-order valence-electron chi connectivity index (χ1n) is 8.04. The van der Waals surface area contributed by atoms with Crippen LogP contribution in [0.3, 0.4) is 0 Å². The van der Waals surface area contributed by atoms with Gasteiger partial charge in [0.1, 0.15) is 0 Å². The molecule has 3 saturated carbocycles. The highest BCUT2D eigenvalue weighted by Gasteiger charge is 2.59. The van der Waals surface area contributed by atoms with E-state index in [-0.39, 0.29) is 0 Å². The number of hydrogen-bond donors (Lipinski definition) is 0. The molecule has 0 aromatic rings. The third kappa shape index (κ3) is 1.47. The molecule has 1 heteroatoms. The molecule has 0 aromatic heterocycles. The zero-order chi connectivity index (χ0) is 11.3. The van der Waals surface area contributed by atoms with Gasteiger partial charge in [0.2, 0.25) is 0 Å². The summed E-state index contributed by atoms with van der Waals surface area (Å²) in [4.78, 5) is 0. The van der Waals surface area contributed by atoms with Gasteiger partial charge in [-0.1, -0.05) is 32.1 Å². The Morgan fingerprint density at radius 2 is 1.35 bits per heavy atom. The van der Waals surface area contributed by atoms with Crippen molar-refractivity contribution in [3.05, 3.63) is 0 Å². The molecule has 17 heavy (non-hydrogen) atoms. The van der Waals surface area contributed by atoms with Gasteiger partial charge in [0, 0.05) is 0 Å². The van der Waals surface area contributed by atoms with Crippen LogP contribution in [0.5, 0.6) is 0 Å². The zero-order valence-corrected chi connectivity index (χ0v) is 11.0. The highest BCUT2D eigenvalue weighted by molar-refractivity contribution is 5.08. The number of rotatable bonds is 0. The van der Waals surface area contributed by atoms with Crippen LogP contribution in [0.4, 0.5) is 0 Å². The van der Waals surface area contributed by atoms with Crippen molar-refractivity contribution in [2.45, 2.75) is 69.8 Å². The summed E-state index contributed by atoms with van der Waals surface area (Å²) >= 11 is 0. The lowest BCUT2D eigenvalue weighted by molar-refractivity contribution is -0.0703. The molecule has 5 atom stereocenters. The van der Waals surface area contributed by atoms with E-state index in [1.54, 1.807) is 0 Å². The first-order valence-corrected chi connectivity index (χ1v) is 8.04. The maximum Gasteiger partial charge on any atom is 0.0744 e. The highest BCUT2D eigenvalue weighted by atomic mass is 16.5. The van der Waals surface area contributed by atoms with E-state index in [0.29, 0.717) is 5.60 Å². The molecule has 4 aliphatic rings. The fourth-order valence-electron chi connectivity index (χ4n) is 5.85. The minimum atomic E-state index is 0.371. The van der Waals surface area contributed by atoms with Crippen LogP contribution in [0.25, 0.3) is 0 Å². The molecule has 1 aliphatic heterocycles. The summed E-state index contributed by atoms with van der Waals surface area (Å²) < 4.78 is 6.52. The summed E-state index contributed by atoms with van der Waals surface area (Å²) in [5.74, 6) is 3.86. The van der Waals surface area contributed by atoms with Gasteiger partial charge in [-0.05, 0) is 55.8 Å². The lowest BCUT2D eigenvalue weighted by atomic mass is 9.65. The van der Waals surface area contributed by atoms with Crippen LogP contribution in [0, 0.1) is 23.7 Å². The molecule has 4 fully saturated rings. The molecule has 0 N–H and O–H groups in total. The predicted molar refractivity (Wildman–Crippen MR) is 68.8 cm³/mol. The van der Waals surface area contributed by atoms with E-state index >= 15 is 0 Å². The second-order valence-electron chi connectivity index (χ2n) is 7.11. The van der Waals surface area contributed by atoms with Gasteiger partial charge in [-0.2, -0.15) is 0 Å². The van der Waals surface area contributed by atoms with Crippen molar-refractivity contribution in [3.63, 3.8) is 0 Å². The minimum absolute atomic E-state index is 0.371. The first-order chi connectivity index (χ1) is 8.40. The van der Waals surface area contributed by atoms with Crippen molar-refractivity contribution in [1.29, 1.82) is 0 Å². The van der Waals surface area contributed by atoms with Crippen molar-refractivity contribution in [3.8, 4) is 0 Å². The smallest absolute Gasteiger partial charge is 0.0744 e. The van der Waals surface area contributed by atoms with E-state index in [1.165, 1.54) is 64.2 Å². The van der Waals surface area contributed by atoms with Crippen molar-refractivity contribution in [2.75, 3.05) is 6.61 Å². The average Bonchev–Trinajstić information content (AvgIpc) is 2.95. The van der Waals surface area contributed by atoms with E-state index in [0.717, 1.165) is 30.3 Å². The van der Waals surface area contributed by atoms with Gasteiger partial charge in [0.15, 0.2) is 0 Å². The number of ether oxygens (including phenoxy) is 1. The number of hydrogen-bond acceptors (Lipinski definition) is 1. The second kappa shape index (κ2) is 3.98. The van der Waals surface area contributed by atoms with E-state index < -0.39 is 0 Å². The topological polar surface area (TPSA) is 9.23 Å². The zero-order valence-electron chi connectivity index (χ0n) is 11.0. The lowest BCUT2D eigenvalue weighted by Crippen LogP contribution is -2.43. The maximum absolute atomic E-state index is 6.52. The Balaban J connectivity index is 1.63. The van der Waals surface area contributed by atoms with Crippen LogP contribution in [0.1, 0.15) is 64.2 Å². The maximum atomic E-state index is 6.52.